The fraction of sp³-hybridized carbons (Fsp3) is 0.462. The SMILES string of the molecule is CC(C)(C)OC(=O)N[C@@H](CC(=O)NC1(c2cccc(I)c2)CCSCC1)Cc1ccccc1F. The summed E-state index contributed by atoms with van der Waals surface area (Å²) in [6, 6.07) is 14.0. The second-order valence-corrected chi connectivity index (χ2v) is 12.1. The Hall–Kier alpha value is -1.81. The summed E-state index contributed by atoms with van der Waals surface area (Å²) >= 11 is 4.17. The highest BCUT2D eigenvalue weighted by Gasteiger charge is 2.36. The number of nitrogens with one attached hydrogen (secondary N) is 2. The molecule has 0 saturated carbocycles. The smallest absolute Gasteiger partial charge is 0.407 e. The average Bonchev–Trinajstić information content (AvgIpc) is 2.74. The van der Waals surface area contributed by atoms with Crippen molar-refractivity contribution in [2.75, 3.05) is 11.5 Å². The van der Waals surface area contributed by atoms with Crippen molar-refractivity contribution in [3.8, 4) is 0 Å². The highest BCUT2D eigenvalue weighted by Crippen LogP contribution is 2.36. The van der Waals surface area contributed by atoms with E-state index in [0.717, 1.165) is 33.5 Å². The van der Waals surface area contributed by atoms with Crippen molar-refractivity contribution in [1.82, 2.24) is 10.6 Å². The van der Waals surface area contributed by atoms with E-state index in [9.17, 15) is 14.0 Å². The number of hydrogen-bond donors (Lipinski definition) is 2. The molecule has 1 heterocycles. The van der Waals surface area contributed by atoms with E-state index in [1.54, 1.807) is 39.0 Å². The summed E-state index contributed by atoms with van der Waals surface area (Å²) in [4.78, 5) is 25.8. The van der Waals surface area contributed by atoms with Crippen molar-refractivity contribution in [1.29, 1.82) is 0 Å². The van der Waals surface area contributed by atoms with Crippen LogP contribution in [0.15, 0.2) is 48.5 Å². The normalized spacial score (nSPS) is 16.4. The Labute approximate surface area is 219 Å². The lowest BCUT2D eigenvalue weighted by Crippen LogP contribution is -2.50. The zero-order chi connectivity index (χ0) is 24.8. The quantitative estimate of drug-likeness (QED) is 0.396. The first-order chi connectivity index (χ1) is 16.1. The van der Waals surface area contributed by atoms with Crippen LogP contribution < -0.4 is 10.6 Å². The number of halogens is 2. The number of carbonyl (C=O) groups excluding carboxylic acids is 2. The molecule has 0 radical (unpaired) electrons. The predicted molar refractivity (Wildman–Crippen MR) is 143 cm³/mol. The molecule has 34 heavy (non-hydrogen) atoms. The molecule has 0 bridgehead atoms. The van der Waals surface area contributed by atoms with Crippen LogP contribution in [0.25, 0.3) is 0 Å². The van der Waals surface area contributed by atoms with Crippen molar-refractivity contribution < 1.29 is 18.7 Å². The fourth-order valence-corrected chi connectivity index (χ4v) is 5.84. The van der Waals surface area contributed by atoms with Crippen LogP contribution in [0.2, 0.25) is 0 Å². The van der Waals surface area contributed by atoms with Crippen molar-refractivity contribution in [3.63, 3.8) is 0 Å². The van der Waals surface area contributed by atoms with Gasteiger partial charge < -0.3 is 15.4 Å². The number of benzene rings is 2. The van der Waals surface area contributed by atoms with Crippen LogP contribution in [-0.4, -0.2) is 35.1 Å². The Morgan fingerprint density at radius 1 is 1.15 bits per heavy atom. The minimum atomic E-state index is -0.677. The molecule has 1 aliphatic heterocycles. The summed E-state index contributed by atoms with van der Waals surface area (Å²) < 4.78 is 20.8. The summed E-state index contributed by atoms with van der Waals surface area (Å²) in [7, 11) is 0. The van der Waals surface area contributed by atoms with Crippen LogP contribution in [0.3, 0.4) is 0 Å². The van der Waals surface area contributed by atoms with E-state index in [2.05, 4.69) is 45.4 Å². The maximum Gasteiger partial charge on any atom is 0.407 e. The minimum Gasteiger partial charge on any atom is -0.444 e. The molecule has 0 aliphatic carbocycles. The molecule has 3 rings (SSSR count). The van der Waals surface area contributed by atoms with E-state index >= 15 is 0 Å². The van der Waals surface area contributed by atoms with Gasteiger partial charge in [-0.1, -0.05) is 30.3 Å². The number of carbonyl (C=O) groups is 2. The molecule has 2 N–H and O–H groups in total. The van der Waals surface area contributed by atoms with E-state index in [0.29, 0.717) is 5.56 Å². The van der Waals surface area contributed by atoms with Gasteiger partial charge in [-0.05, 0) is 103 Å². The van der Waals surface area contributed by atoms with Gasteiger partial charge in [0.15, 0.2) is 0 Å². The molecule has 1 aliphatic rings. The van der Waals surface area contributed by atoms with Crippen molar-refractivity contribution in [2.24, 2.45) is 0 Å². The third-order valence-electron chi connectivity index (χ3n) is 5.68. The van der Waals surface area contributed by atoms with Gasteiger partial charge in [-0.2, -0.15) is 11.8 Å². The highest BCUT2D eigenvalue weighted by molar-refractivity contribution is 14.1. The molecule has 0 aromatic heterocycles. The topological polar surface area (TPSA) is 67.4 Å². The number of ether oxygens (including phenoxy) is 1. The maximum absolute atomic E-state index is 14.3. The van der Waals surface area contributed by atoms with Gasteiger partial charge in [-0.25, -0.2) is 9.18 Å². The molecule has 0 unspecified atom stereocenters. The van der Waals surface area contributed by atoms with Gasteiger partial charge in [-0.3, -0.25) is 4.79 Å². The zero-order valence-electron chi connectivity index (χ0n) is 19.8. The van der Waals surface area contributed by atoms with Crippen molar-refractivity contribution in [2.45, 2.75) is 63.6 Å². The fourth-order valence-electron chi connectivity index (χ4n) is 4.11. The molecule has 1 saturated heterocycles. The number of rotatable bonds is 7. The number of amides is 2. The Morgan fingerprint density at radius 2 is 1.85 bits per heavy atom. The summed E-state index contributed by atoms with van der Waals surface area (Å²) in [5.74, 6) is 1.38. The van der Waals surface area contributed by atoms with Crippen LogP contribution in [-0.2, 0) is 21.5 Å². The molecule has 1 fully saturated rings. The van der Waals surface area contributed by atoms with Crippen LogP contribution in [0.4, 0.5) is 9.18 Å². The third kappa shape index (κ3) is 7.86. The Bertz CT molecular complexity index is 1010. The molecule has 2 aromatic rings. The summed E-state index contributed by atoms with van der Waals surface area (Å²) in [5.41, 5.74) is 0.415. The molecule has 0 spiro atoms. The van der Waals surface area contributed by atoms with Crippen molar-refractivity contribution >= 4 is 46.4 Å². The first kappa shape index (κ1) is 26.8. The second kappa shape index (κ2) is 11.7. The lowest BCUT2D eigenvalue weighted by molar-refractivity contribution is -0.123. The lowest BCUT2D eigenvalue weighted by Gasteiger charge is -2.39. The van der Waals surface area contributed by atoms with Gasteiger partial charge in [0.1, 0.15) is 11.4 Å². The molecule has 8 heteroatoms. The van der Waals surface area contributed by atoms with Crippen LogP contribution in [0, 0.1) is 9.39 Å². The van der Waals surface area contributed by atoms with E-state index in [1.165, 1.54) is 6.07 Å². The van der Waals surface area contributed by atoms with Gasteiger partial charge in [-0.15, -0.1) is 0 Å². The summed E-state index contributed by atoms with van der Waals surface area (Å²) in [5, 5.41) is 6.07. The number of alkyl carbamates (subject to hydrolysis) is 1. The first-order valence-electron chi connectivity index (χ1n) is 11.4. The van der Waals surface area contributed by atoms with Crippen LogP contribution in [0.1, 0.15) is 51.2 Å². The molecule has 2 aromatic carbocycles. The Morgan fingerprint density at radius 3 is 2.50 bits per heavy atom. The Kier molecular flexibility index (Phi) is 9.26. The van der Waals surface area contributed by atoms with E-state index in [1.807, 2.05) is 23.9 Å². The highest BCUT2D eigenvalue weighted by atomic mass is 127. The monoisotopic (exact) mass is 598 g/mol. The van der Waals surface area contributed by atoms with E-state index in [-0.39, 0.29) is 24.6 Å². The average molecular weight is 599 g/mol. The third-order valence-corrected chi connectivity index (χ3v) is 7.34. The largest absolute Gasteiger partial charge is 0.444 e. The van der Waals surface area contributed by atoms with Gasteiger partial charge in [0.25, 0.3) is 0 Å². The number of thioether (sulfide) groups is 1. The molecule has 1 atom stereocenters. The van der Waals surface area contributed by atoms with Crippen LogP contribution in [0.5, 0.6) is 0 Å². The van der Waals surface area contributed by atoms with E-state index in [4.69, 9.17) is 4.74 Å². The van der Waals surface area contributed by atoms with Gasteiger partial charge in [0.05, 0.1) is 5.54 Å². The predicted octanol–water partition coefficient (Wildman–Crippen LogP) is 5.79. The molecule has 184 valence electrons. The summed E-state index contributed by atoms with van der Waals surface area (Å²) in [6.07, 6.45) is 1.25. The second-order valence-electron chi connectivity index (χ2n) is 9.60. The van der Waals surface area contributed by atoms with Gasteiger partial charge >= 0.3 is 6.09 Å². The van der Waals surface area contributed by atoms with Crippen LogP contribution >= 0.6 is 34.4 Å². The molecular weight excluding hydrogens is 566 g/mol. The minimum absolute atomic E-state index is 0.0202. The Balaban J connectivity index is 1.78. The van der Waals surface area contributed by atoms with Gasteiger partial charge in [0.2, 0.25) is 5.91 Å². The van der Waals surface area contributed by atoms with E-state index < -0.39 is 23.3 Å². The summed E-state index contributed by atoms with van der Waals surface area (Å²) in [6.45, 7) is 5.33. The first-order valence-corrected chi connectivity index (χ1v) is 13.7. The molecule has 5 nitrogen and oxygen atoms in total. The maximum atomic E-state index is 14.3. The molecule has 2 amide bonds. The van der Waals surface area contributed by atoms with Crippen molar-refractivity contribution in [3.05, 3.63) is 69.0 Å². The number of hydrogen-bond acceptors (Lipinski definition) is 4. The standard InChI is InChI=1S/C26H32FIN2O3S/c1-25(2,3)33-24(32)29-21(15-18-7-4-5-10-22(18)27)17-23(31)30-26(11-13-34-14-12-26)19-8-6-9-20(28)16-19/h4-10,16,21H,11-15,17H2,1-3H3,(H,29,32)(H,30,31)/t21-/m1/s1. The zero-order valence-corrected chi connectivity index (χ0v) is 22.8. The molecular formula is C26H32FIN2O3S. The lowest BCUT2D eigenvalue weighted by atomic mass is 9.84. The van der Waals surface area contributed by atoms with Gasteiger partial charge in [0, 0.05) is 16.0 Å².